The van der Waals surface area contributed by atoms with Gasteiger partial charge in [-0.2, -0.15) is 0 Å². The normalized spacial score (nSPS) is 11.3. The summed E-state index contributed by atoms with van der Waals surface area (Å²) >= 11 is 0. The van der Waals surface area contributed by atoms with E-state index in [2.05, 4.69) is 0 Å². The van der Waals surface area contributed by atoms with Crippen LogP contribution in [0.15, 0.2) is 12.2 Å². The molecule has 0 N–H and O–H groups in total. The lowest BCUT2D eigenvalue weighted by Gasteiger charge is -2.00. The van der Waals surface area contributed by atoms with E-state index in [0.29, 0.717) is 39.6 Å². The molecule has 0 radical (unpaired) electrons. The summed E-state index contributed by atoms with van der Waals surface area (Å²) in [7, 11) is 3.31. The number of hydrogen-bond donors (Lipinski definition) is 0. The van der Waals surface area contributed by atoms with E-state index >= 15 is 0 Å². The van der Waals surface area contributed by atoms with Crippen LogP contribution in [0.25, 0.3) is 0 Å². The molecule has 0 bridgehead atoms. The van der Waals surface area contributed by atoms with Crippen LogP contribution in [0.5, 0.6) is 0 Å². The van der Waals surface area contributed by atoms with E-state index in [9.17, 15) is 0 Å². The SMILES string of the molecule is COCCOC/C=C/COCCOC. The highest BCUT2D eigenvalue weighted by atomic mass is 16.5. The van der Waals surface area contributed by atoms with Crippen molar-refractivity contribution in [1.82, 2.24) is 0 Å². The Morgan fingerprint density at radius 3 is 1.50 bits per heavy atom. The standard InChI is InChI=1S/C10H20O4/c1-11-7-9-13-5-3-4-6-14-10-8-12-2/h3-4H,5-10H2,1-2H3/b4-3+. The molecule has 0 aromatic rings. The van der Waals surface area contributed by atoms with Crippen LogP contribution in [0, 0.1) is 0 Å². The lowest BCUT2D eigenvalue weighted by molar-refractivity contribution is 0.0811. The maximum absolute atomic E-state index is 5.21. The third-order valence-corrected chi connectivity index (χ3v) is 1.46. The average Bonchev–Trinajstić information content (AvgIpc) is 2.21. The molecule has 0 amide bonds. The molecule has 4 nitrogen and oxygen atoms in total. The monoisotopic (exact) mass is 204 g/mol. The van der Waals surface area contributed by atoms with E-state index in [1.54, 1.807) is 14.2 Å². The molecule has 0 aliphatic rings. The molecule has 0 aliphatic carbocycles. The summed E-state index contributed by atoms with van der Waals surface area (Å²) in [5.41, 5.74) is 0. The van der Waals surface area contributed by atoms with Gasteiger partial charge in [-0.15, -0.1) is 0 Å². The van der Waals surface area contributed by atoms with Gasteiger partial charge in [0.2, 0.25) is 0 Å². The van der Waals surface area contributed by atoms with Gasteiger partial charge in [0.1, 0.15) is 0 Å². The van der Waals surface area contributed by atoms with Gasteiger partial charge in [0.15, 0.2) is 0 Å². The zero-order valence-corrected chi connectivity index (χ0v) is 9.03. The Balaban J connectivity index is 2.96. The molecule has 84 valence electrons. The quantitative estimate of drug-likeness (QED) is 0.391. The van der Waals surface area contributed by atoms with Gasteiger partial charge >= 0.3 is 0 Å². The van der Waals surface area contributed by atoms with Gasteiger partial charge in [-0.1, -0.05) is 12.2 Å². The van der Waals surface area contributed by atoms with Crippen molar-refractivity contribution >= 4 is 0 Å². The Morgan fingerprint density at radius 1 is 0.714 bits per heavy atom. The van der Waals surface area contributed by atoms with Crippen LogP contribution in [-0.4, -0.2) is 53.9 Å². The van der Waals surface area contributed by atoms with Gasteiger partial charge in [-0.05, 0) is 0 Å². The van der Waals surface area contributed by atoms with Crippen LogP contribution in [0.2, 0.25) is 0 Å². The van der Waals surface area contributed by atoms with Gasteiger partial charge in [-0.3, -0.25) is 0 Å². The Bertz CT molecular complexity index is 111. The van der Waals surface area contributed by atoms with E-state index in [-0.39, 0.29) is 0 Å². The van der Waals surface area contributed by atoms with Crippen molar-refractivity contribution in [3.05, 3.63) is 12.2 Å². The second-order valence-electron chi connectivity index (χ2n) is 2.61. The fraction of sp³-hybridized carbons (Fsp3) is 0.800. The summed E-state index contributed by atoms with van der Waals surface area (Å²) in [6.45, 7) is 3.75. The minimum atomic E-state index is 0.608. The van der Waals surface area contributed by atoms with E-state index in [4.69, 9.17) is 18.9 Å². The molecule has 4 heteroatoms. The van der Waals surface area contributed by atoms with Crippen molar-refractivity contribution in [1.29, 1.82) is 0 Å². The van der Waals surface area contributed by atoms with Crippen molar-refractivity contribution in [2.24, 2.45) is 0 Å². The Kier molecular flexibility index (Phi) is 12.2. The van der Waals surface area contributed by atoms with E-state index in [1.807, 2.05) is 12.2 Å². The number of ether oxygens (including phenoxy) is 4. The number of rotatable bonds is 10. The Hall–Kier alpha value is -0.420. The number of methoxy groups -OCH3 is 2. The highest BCUT2D eigenvalue weighted by molar-refractivity contribution is 4.80. The molecule has 0 aromatic heterocycles. The maximum atomic E-state index is 5.21. The van der Waals surface area contributed by atoms with Crippen LogP contribution in [0.4, 0.5) is 0 Å². The van der Waals surface area contributed by atoms with Crippen molar-refractivity contribution in [2.75, 3.05) is 53.9 Å². The summed E-state index contributed by atoms with van der Waals surface area (Å²) in [4.78, 5) is 0. The topological polar surface area (TPSA) is 36.9 Å². The first-order chi connectivity index (χ1) is 6.91. The predicted molar refractivity (Wildman–Crippen MR) is 54.5 cm³/mol. The third-order valence-electron chi connectivity index (χ3n) is 1.46. The third kappa shape index (κ3) is 11.6. The molecule has 0 aliphatic heterocycles. The minimum absolute atomic E-state index is 0.608. The zero-order valence-electron chi connectivity index (χ0n) is 9.03. The van der Waals surface area contributed by atoms with Crippen LogP contribution < -0.4 is 0 Å². The van der Waals surface area contributed by atoms with Crippen molar-refractivity contribution in [3.63, 3.8) is 0 Å². The lowest BCUT2D eigenvalue weighted by atomic mass is 10.5. The molecular weight excluding hydrogens is 184 g/mol. The smallest absolute Gasteiger partial charge is 0.0704 e. The second kappa shape index (κ2) is 12.6. The molecule has 0 unspecified atom stereocenters. The Morgan fingerprint density at radius 2 is 1.14 bits per heavy atom. The lowest BCUT2D eigenvalue weighted by Crippen LogP contribution is -2.02. The average molecular weight is 204 g/mol. The molecule has 0 spiro atoms. The summed E-state index contributed by atoms with van der Waals surface area (Å²) < 4.78 is 20.1. The van der Waals surface area contributed by atoms with E-state index < -0.39 is 0 Å². The molecule has 0 fully saturated rings. The predicted octanol–water partition coefficient (Wildman–Crippen LogP) is 0.869. The van der Waals surface area contributed by atoms with Crippen molar-refractivity contribution in [2.45, 2.75) is 0 Å². The summed E-state index contributed by atoms with van der Waals surface area (Å²) in [5.74, 6) is 0. The summed E-state index contributed by atoms with van der Waals surface area (Å²) in [6, 6.07) is 0. The maximum Gasteiger partial charge on any atom is 0.0704 e. The fourth-order valence-corrected chi connectivity index (χ4v) is 0.723. The molecule has 0 saturated heterocycles. The number of hydrogen-bond acceptors (Lipinski definition) is 4. The van der Waals surface area contributed by atoms with Gasteiger partial charge in [0, 0.05) is 14.2 Å². The fourth-order valence-electron chi connectivity index (χ4n) is 0.723. The summed E-state index contributed by atoms with van der Waals surface area (Å²) in [5, 5.41) is 0. The summed E-state index contributed by atoms with van der Waals surface area (Å²) in [6.07, 6.45) is 3.87. The van der Waals surface area contributed by atoms with Crippen LogP contribution in [0.3, 0.4) is 0 Å². The molecule has 0 aromatic carbocycles. The van der Waals surface area contributed by atoms with Gasteiger partial charge in [-0.25, -0.2) is 0 Å². The van der Waals surface area contributed by atoms with Crippen molar-refractivity contribution in [3.8, 4) is 0 Å². The van der Waals surface area contributed by atoms with Crippen molar-refractivity contribution < 1.29 is 18.9 Å². The minimum Gasteiger partial charge on any atom is -0.382 e. The van der Waals surface area contributed by atoms with E-state index in [1.165, 1.54) is 0 Å². The molecule has 0 atom stereocenters. The molecule has 0 heterocycles. The largest absolute Gasteiger partial charge is 0.382 e. The van der Waals surface area contributed by atoms with Crippen LogP contribution >= 0.6 is 0 Å². The first-order valence-corrected chi connectivity index (χ1v) is 4.70. The van der Waals surface area contributed by atoms with Gasteiger partial charge in [0.25, 0.3) is 0 Å². The highest BCUT2D eigenvalue weighted by Gasteiger charge is 1.84. The zero-order chi connectivity index (χ0) is 10.5. The van der Waals surface area contributed by atoms with Gasteiger partial charge < -0.3 is 18.9 Å². The first kappa shape index (κ1) is 13.6. The van der Waals surface area contributed by atoms with E-state index in [0.717, 1.165) is 0 Å². The highest BCUT2D eigenvalue weighted by Crippen LogP contribution is 1.81. The molecule has 0 rings (SSSR count). The molecule has 0 saturated carbocycles. The van der Waals surface area contributed by atoms with Crippen LogP contribution in [0.1, 0.15) is 0 Å². The van der Waals surface area contributed by atoms with Crippen LogP contribution in [-0.2, 0) is 18.9 Å². The van der Waals surface area contributed by atoms with Gasteiger partial charge in [0.05, 0.1) is 39.6 Å². The molecule has 14 heavy (non-hydrogen) atoms. The molecular formula is C10H20O4. The Labute approximate surface area is 85.8 Å². The second-order valence-corrected chi connectivity index (χ2v) is 2.61. The first-order valence-electron chi connectivity index (χ1n) is 4.70.